The first-order valence-corrected chi connectivity index (χ1v) is 7.24. The Balaban J connectivity index is 1.77. The summed E-state index contributed by atoms with van der Waals surface area (Å²) in [6, 6.07) is 9.33. The van der Waals surface area contributed by atoms with Crippen molar-refractivity contribution in [2.45, 2.75) is 19.4 Å². The maximum atomic E-state index is 13.3. The molecule has 2 aromatic rings. The second kappa shape index (κ2) is 6.22. The van der Waals surface area contributed by atoms with E-state index in [9.17, 15) is 8.78 Å². The van der Waals surface area contributed by atoms with Gasteiger partial charge in [0.2, 0.25) is 0 Å². The molecule has 0 saturated carbocycles. The molecule has 0 fully saturated rings. The molecule has 3 nitrogen and oxygen atoms in total. The number of ether oxygens (including phenoxy) is 2. The molecule has 1 N–H and O–H groups in total. The SMILES string of the molecule is CC(Nc1ccc2c(c1)OCCCO2)c1ccc(F)c(F)c1. The maximum absolute atomic E-state index is 13.3. The Morgan fingerprint density at radius 1 is 0.955 bits per heavy atom. The molecule has 3 rings (SSSR count). The zero-order valence-electron chi connectivity index (χ0n) is 12.2. The number of nitrogens with one attached hydrogen (secondary N) is 1. The molecule has 22 heavy (non-hydrogen) atoms. The van der Waals surface area contributed by atoms with Crippen LogP contribution in [0.4, 0.5) is 14.5 Å². The van der Waals surface area contributed by atoms with Crippen LogP contribution in [0.3, 0.4) is 0 Å². The van der Waals surface area contributed by atoms with Gasteiger partial charge in [-0.3, -0.25) is 0 Å². The molecule has 1 unspecified atom stereocenters. The Kier molecular flexibility index (Phi) is 4.13. The van der Waals surface area contributed by atoms with Crippen molar-refractivity contribution < 1.29 is 18.3 Å². The zero-order chi connectivity index (χ0) is 15.5. The van der Waals surface area contributed by atoms with Crippen molar-refractivity contribution in [3.8, 4) is 11.5 Å². The molecule has 0 saturated heterocycles. The molecule has 0 aliphatic carbocycles. The number of fused-ring (bicyclic) bond motifs is 1. The third kappa shape index (κ3) is 3.13. The van der Waals surface area contributed by atoms with E-state index in [2.05, 4.69) is 5.32 Å². The van der Waals surface area contributed by atoms with E-state index in [1.165, 1.54) is 6.07 Å². The third-order valence-corrected chi connectivity index (χ3v) is 3.57. The van der Waals surface area contributed by atoms with Crippen molar-refractivity contribution in [3.05, 3.63) is 53.6 Å². The van der Waals surface area contributed by atoms with E-state index in [1.807, 2.05) is 25.1 Å². The van der Waals surface area contributed by atoms with Crippen LogP contribution in [0, 0.1) is 11.6 Å². The molecule has 5 heteroatoms. The lowest BCUT2D eigenvalue weighted by atomic mass is 10.1. The molecule has 1 aliphatic rings. The van der Waals surface area contributed by atoms with Crippen LogP contribution in [0.2, 0.25) is 0 Å². The lowest BCUT2D eigenvalue weighted by Gasteiger charge is -2.17. The summed E-state index contributed by atoms with van der Waals surface area (Å²) < 4.78 is 37.5. The van der Waals surface area contributed by atoms with Gasteiger partial charge in [0, 0.05) is 24.2 Å². The van der Waals surface area contributed by atoms with Crippen molar-refractivity contribution in [1.29, 1.82) is 0 Å². The molecule has 2 aromatic carbocycles. The summed E-state index contributed by atoms with van der Waals surface area (Å²) in [5, 5.41) is 3.25. The third-order valence-electron chi connectivity index (χ3n) is 3.57. The Hall–Kier alpha value is -2.30. The van der Waals surface area contributed by atoms with Crippen molar-refractivity contribution >= 4 is 5.69 Å². The molecular weight excluding hydrogens is 288 g/mol. The van der Waals surface area contributed by atoms with Crippen LogP contribution in [0.1, 0.15) is 24.9 Å². The fraction of sp³-hybridized carbons (Fsp3) is 0.294. The average Bonchev–Trinajstić information content (AvgIpc) is 2.74. The number of rotatable bonds is 3. The van der Waals surface area contributed by atoms with Crippen LogP contribution >= 0.6 is 0 Å². The van der Waals surface area contributed by atoms with Gasteiger partial charge in [0.05, 0.1) is 13.2 Å². The van der Waals surface area contributed by atoms with Gasteiger partial charge in [0.1, 0.15) is 0 Å². The van der Waals surface area contributed by atoms with E-state index in [0.29, 0.717) is 24.5 Å². The monoisotopic (exact) mass is 305 g/mol. The highest BCUT2D eigenvalue weighted by Crippen LogP contribution is 2.33. The average molecular weight is 305 g/mol. The van der Waals surface area contributed by atoms with Gasteiger partial charge in [-0.15, -0.1) is 0 Å². The molecule has 116 valence electrons. The van der Waals surface area contributed by atoms with E-state index >= 15 is 0 Å². The summed E-state index contributed by atoms with van der Waals surface area (Å²) >= 11 is 0. The zero-order valence-corrected chi connectivity index (χ0v) is 12.2. The predicted octanol–water partition coefficient (Wildman–Crippen LogP) is 4.30. The van der Waals surface area contributed by atoms with E-state index in [4.69, 9.17) is 9.47 Å². The van der Waals surface area contributed by atoms with Gasteiger partial charge in [-0.25, -0.2) is 8.78 Å². The largest absolute Gasteiger partial charge is 0.490 e. The fourth-order valence-corrected chi connectivity index (χ4v) is 2.37. The quantitative estimate of drug-likeness (QED) is 0.917. The minimum Gasteiger partial charge on any atom is -0.490 e. The lowest BCUT2D eigenvalue weighted by Crippen LogP contribution is -2.07. The van der Waals surface area contributed by atoms with Crippen LogP contribution in [0.25, 0.3) is 0 Å². The Bertz CT molecular complexity index is 676. The first-order chi connectivity index (χ1) is 10.6. The van der Waals surface area contributed by atoms with Gasteiger partial charge in [-0.1, -0.05) is 6.07 Å². The summed E-state index contributed by atoms with van der Waals surface area (Å²) in [4.78, 5) is 0. The van der Waals surface area contributed by atoms with Crippen molar-refractivity contribution in [2.24, 2.45) is 0 Å². The summed E-state index contributed by atoms with van der Waals surface area (Å²) in [6.45, 7) is 3.15. The topological polar surface area (TPSA) is 30.5 Å². The lowest BCUT2D eigenvalue weighted by molar-refractivity contribution is 0.297. The van der Waals surface area contributed by atoms with Crippen molar-refractivity contribution in [2.75, 3.05) is 18.5 Å². The molecule has 0 radical (unpaired) electrons. The van der Waals surface area contributed by atoms with Gasteiger partial charge in [-0.05, 0) is 36.8 Å². The molecule has 1 atom stereocenters. The highest BCUT2D eigenvalue weighted by Gasteiger charge is 2.13. The van der Waals surface area contributed by atoms with Gasteiger partial charge in [0.15, 0.2) is 23.1 Å². The molecule has 0 bridgehead atoms. The number of halogens is 2. The number of hydrogen-bond acceptors (Lipinski definition) is 3. The number of hydrogen-bond donors (Lipinski definition) is 1. The Morgan fingerprint density at radius 2 is 1.73 bits per heavy atom. The van der Waals surface area contributed by atoms with E-state index in [1.54, 1.807) is 6.07 Å². The van der Waals surface area contributed by atoms with Gasteiger partial charge >= 0.3 is 0 Å². The molecule has 1 aliphatic heterocycles. The summed E-state index contributed by atoms with van der Waals surface area (Å²) in [6.07, 6.45) is 0.850. The highest BCUT2D eigenvalue weighted by atomic mass is 19.2. The standard InChI is InChI=1S/C17H17F2NO2/c1-11(12-3-5-14(18)15(19)9-12)20-13-4-6-16-17(10-13)22-8-2-7-21-16/h3-6,9-11,20H,2,7-8H2,1H3. The normalized spacial score (nSPS) is 15.0. The minimum absolute atomic E-state index is 0.167. The van der Waals surface area contributed by atoms with Crippen LogP contribution in [0.5, 0.6) is 11.5 Å². The molecule has 0 aromatic heterocycles. The first kappa shape index (κ1) is 14.6. The second-order valence-corrected chi connectivity index (χ2v) is 5.25. The van der Waals surface area contributed by atoms with Crippen LogP contribution < -0.4 is 14.8 Å². The van der Waals surface area contributed by atoms with E-state index in [-0.39, 0.29) is 6.04 Å². The van der Waals surface area contributed by atoms with Crippen molar-refractivity contribution in [1.82, 2.24) is 0 Å². The van der Waals surface area contributed by atoms with E-state index < -0.39 is 11.6 Å². The fourth-order valence-electron chi connectivity index (χ4n) is 2.37. The molecular formula is C17H17F2NO2. The smallest absolute Gasteiger partial charge is 0.163 e. The van der Waals surface area contributed by atoms with Crippen molar-refractivity contribution in [3.63, 3.8) is 0 Å². The first-order valence-electron chi connectivity index (χ1n) is 7.24. The Labute approximate surface area is 127 Å². The number of benzene rings is 2. The molecule has 1 heterocycles. The van der Waals surface area contributed by atoms with E-state index in [0.717, 1.165) is 23.9 Å². The summed E-state index contributed by atoms with van der Waals surface area (Å²) in [5.74, 6) is -0.264. The molecule has 0 amide bonds. The van der Waals surface area contributed by atoms with Crippen LogP contribution in [-0.4, -0.2) is 13.2 Å². The second-order valence-electron chi connectivity index (χ2n) is 5.25. The van der Waals surface area contributed by atoms with Crippen LogP contribution in [0.15, 0.2) is 36.4 Å². The maximum Gasteiger partial charge on any atom is 0.163 e. The Morgan fingerprint density at radius 3 is 2.50 bits per heavy atom. The highest BCUT2D eigenvalue weighted by molar-refractivity contribution is 5.55. The minimum atomic E-state index is -0.843. The summed E-state index contributed by atoms with van der Waals surface area (Å²) in [7, 11) is 0. The number of anilines is 1. The van der Waals surface area contributed by atoms with Gasteiger partial charge < -0.3 is 14.8 Å². The van der Waals surface area contributed by atoms with Gasteiger partial charge in [0.25, 0.3) is 0 Å². The van der Waals surface area contributed by atoms with Crippen LogP contribution in [-0.2, 0) is 0 Å². The predicted molar refractivity (Wildman–Crippen MR) is 80.4 cm³/mol. The summed E-state index contributed by atoms with van der Waals surface area (Å²) in [5.41, 5.74) is 1.51. The molecule has 0 spiro atoms. The van der Waals surface area contributed by atoms with Gasteiger partial charge in [-0.2, -0.15) is 0 Å².